The molecule has 0 aliphatic carbocycles. The van der Waals surface area contributed by atoms with Crippen molar-refractivity contribution < 1.29 is 9.21 Å². The fourth-order valence-corrected chi connectivity index (χ4v) is 5.09. The van der Waals surface area contributed by atoms with Gasteiger partial charge in [0.15, 0.2) is 0 Å². The predicted octanol–water partition coefficient (Wildman–Crippen LogP) is 7.01. The van der Waals surface area contributed by atoms with Gasteiger partial charge in [0.1, 0.15) is 11.2 Å². The summed E-state index contributed by atoms with van der Waals surface area (Å²) in [5, 5.41) is 16.1. The normalized spacial score (nSPS) is 11.3. The number of hydrogen-bond donors (Lipinski definition) is 3. The maximum absolute atomic E-state index is 12.9. The van der Waals surface area contributed by atoms with Gasteiger partial charge in [0, 0.05) is 39.8 Å². The standard InChI is InChI=1S/C33H26N6O2/c1-34-20-21-12-14-22(15-13-21)32(40)36-23-6-4-7-24(18-23)37-33-38-29(19-25-16-17-35-39(25)33)28-10-5-9-27-26-8-2-3-11-30(26)41-31(27)28/h2-19,34H,20H2,1H3,(H,36,40)(H,37,38). The number of benzene rings is 4. The lowest BCUT2D eigenvalue weighted by Crippen LogP contribution is -2.12. The van der Waals surface area contributed by atoms with Crippen molar-refractivity contribution in [3.63, 3.8) is 0 Å². The van der Waals surface area contributed by atoms with E-state index < -0.39 is 0 Å². The number of furan rings is 1. The molecule has 0 aliphatic heterocycles. The van der Waals surface area contributed by atoms with Crippen LogP contribution >= 0.6 is 0 Å². The number of nitrogens with one attached hydrogen (secondary N) is 3. The van der Waals surface area contributed by atoms with Gasteiger partial charge in [-0.3, -0.25) is 4.79 Å². The van der Waals surface area contributed by atoms with Gasteiger partial charge in [0.25, 0.3) is 5.91 Å². The molecule has 7 rings (SSSR count). The van der Waals surface area contributed by atoms with Gasteiger partial charge in [-0.05, 0) is 67.2 Å². The summed E-state index contributed by atoms with van der Waals surface area (Å²) in [6.07, 6.45) is 1.74. The topological polar surface area (TPSA) is 96.5 Å². The molecule has 200 valence electrons. The first-order chi connectivity index (χ1) is 20.2. The number of rotatable bonds is 7. The Morgan fingerprint density at radius 2 is 1.66 bits per heavy atom. The molecule has 7 aromatic rings. The van der Waals surface area contributed by atoms with Gasteiger partial charge in [-0.25, -0.2) is 9.50 Å². The Labute approximate surface area is 235 Å². The van der Waals surface area contributed by atoms with Crippen LogP contribution in [0.2, 0.25) is 0 Å². The quantitative estimate of drug-likeness (QED) is 0.202. The van der Waals surface area contributed by atoms with Crippen LogP contribution in [0, 0.1) is 0 Å². The Hall–Kier alpha value is -5.47. The van der Waals surface area contributed by atoms with Crippen molar-refractivity contribution in [2.45, 2.75) is 6.54 Å². The lowest BCUT2D eigenvalue weighted by Gasteiger charge is -2.12. The minimum absolute atomic E-state index is 0.174. The summed E-state index contributed by atoms with van der Waals surface area (Å²) in [5.41, 5.74) is 7.31. The molecule has 0 bridgehead atoms. The number of hydrogen-bond acceptors (Lipinski definition) is 6. The summed E-state index contributed by atoms with van der Waals surface area (Å²) < 4.78 is 8.02. The maximum atomic E-state index is 12.9. The third-order valence-corrected chi connectivity index (χ3v) is 7.04. The molecular formula is C33H26N6O2. The summed E-state index contributed by atoms with van der Waals surface area (Å²) >= 11 is 0. The Bertz CT molecular complexity index is 2040. The fraction of sp³-hybridized carbons (Fsp3) is 0.0606. The van der Waals surface area contributed by atoms with E-state index in [4.69, 9.17) is 9.40 Å². The minimum atomic E-state index is -0.174. The van der Waals surface area contributed by atoms with Gasteiger partial charge in [-0.2, -0.15) is 5.10 Å². The highest BCUT2D eigenvalue weighted by molar-refractivity contribution is 6.09. The van der Waals surface area contributed by atoms with Gasteiger partial charge >= 0.3 is 0 Å². The molecule has 0 saturated carbocycles. The molecule has 0 aliphatic rings. The van der Waals surface area contributed by atoms with E-state index in [0.29, 0.717) is 17.2 Å². The second-order valence-corrected chi connectivity index (χ2v) is 9.80. The number of nitrogens with zero attached hydrogens (tertiary/aromatic N) is 3. The molecule has 41 heavy (non-hydrogen) atoms. The van der Waals surface area contributed by atoms with E-state index in [1.807, 2.05) is 98.0 Å². The molecular weight excluding hydrogens is 512 g/mol. The van der Waals surface area contributed by atoms with E-state index in [1.54, 1.807) is 10.7 Å². The van der Waals surface area contributed by atoms with Crippen LogP contribution in [0.3, 0.4) is 0 Å². The van der Waals surface area contributed by atoms with E-state index in [9.17, 15) is 4.79 Å². The Balaban J connectivity index is 1.20. The average Bonchev–Trinajstić information content (AvgIpc) is 3.63. The summed E-state index contributed by atoms with van der Waals surface area (Å²) in [7, 11) is 1.89. The number of carbonyl (C=O) groups is 1. The smallest absolute Gasteiger partial charge is 0.255 e. The monoisotopic (exact) mass is 538 g/mol. The summed E-state index contributed by atoms with van der Waals surface area (Å²) in [6, 6.07) is 33.2. The zero-order chi connectivity index (χ0) is 27.8. The van der Waals surface area contributed by atoms with Gasteiger partial charge in [-0.1, -0.05) is 48.5 Å². The second-order valence-electron chi connectivity index (χ2n) is 9.80. The molecule has 1 amide bonds. The highest BCUT2D eigenvalue weighted by Crippen LogP contribution is 2.36. The van der Waals surface area contributed by atoms with E-state index in [2.05, 4.69) is 33.2 Å². The van der Waals surface area contributed by atoms with Crippen LogP contribution in [-0.4, -0.2) is 27.6 Å². The molecule has 8 heteroatoms. The molecule has 3 heterocycles. The summed E-state index contributed by atoms with van der Waals surface area (Å²) in [4.78, 5) is 17.8. The Morgan fingerprint density at radius 3 is 2.54 bits per heavy atom. The van der Waals surface area contributed by atoms with E-state index >= 15 is 0 Å². The van der Waals surface area contributed by atoms with E-state index in [0.717, 1.165) is 56.5 Å². The molecule has 0 spiro atoms. The highest BCUT2D eigenvalue weighted by Gasteiger charge is 2.16. The number of amides is 1. The van der Waals surface area contributed by atoms with Crippen molar-refractivity contribution in [3.8, 4) is 11.3 Å². The molecule has 0 fully saturated rings. The SMILES string of the molecule is CNCc1ccc(C(=O)Nc2cccc(Nc3nc(-c4cccc5c4oc4ccccc45)cc4ccnn34)c2)cc1. The van der Waals surface area contributed by atoms with Gasteiger partial charge in [0.2, 0.25) is 5.95 Å². The van der Waals surface area contributed by atoms with Crippen LogP contribution in [0.4, 0.5) is 17.3 Å². The maximum Gasteiger partial charge on any atom is 0.255 e. The molecule has 0 unspecified atom stereocenters. The minimum Gasteiger partial charge on any atom is -0.455 e. The molecule has 0 atom stereocenters. The van der Waals surface area contributed by atoms with Crippen molar-refractivity contribution >= 4 is 50.7 Å². The van der Waals surface area contributed by atoms with Gasteiger partial charge in [-0.15, -0.1) is 0 Å². The van der Waals surface area contributed by atoms with Crippen LogP contribution < -0.4 is 16.0 Å². The van der Waals surface area contributed by atoms with E-state index in [-0.39, 0.29) is 5.91 Å². The van der Waals surface area contributed by atoms with Crippen molar-refractivity contribution in [1.82, 2.24) is 19.9 Å². The molecule has 3 N–H and O–H groups in total. The first-order valence-electron chi connectivity index (χ1n) is 13.3. The number of fused-ring (bicyclic) bond motifs is 4. The van der Waals surface area contributed by atoms with Crippen LogP contribution in [0.5, 0.6) is 0 Å². The van der Waals surface area contributed by atoms with Crippen LogP contribution in [0.1, 0.15) is 15.9 Å². The molecule has 8 nitrogen and oxygen atoms in total. The highest BCUT2D eigenvalue weighted by atomic mass is 16.3. The lowest BCUT2D eigenvalue weighted by molar-refractivity contribution is 0.102. The Kier molecular flexibility index (Phi) is 6.14. The zero-order valence-corrected chi connectivity index (χ0v) is 22.3. The van der Waals surface area contributed by atoms with E-state index in [1.165, 1.54) is 0 Å². The van der Waals surface area contributed by atoms with Crippen molar-refractivity contribution in [1.29, 1.82) is 0 Å². The number of carbonyl (C=O) groups excluding carboxylic acids is 1. The third kappa shape index (κ3) is 4.66. The molecule has 0 saturated heterocycles. The van der Waals surface area contributed by atoms with Crippen molar-refractivity contribution in [2.75, 3.05) is 17.7 Å². The second kappa shape index (κ2) is 10.3. The molecule has 4 aromatic carbocycles. The average molecular weight is 539 g/mol. The summed E-state index contributed by atoms with van der Waals surface area (Å²) in [6.45, 7) is 0.752. The Morgan fingerprint density at radius 1 is 0.854 bits per heavy atom. The number of anilines is 3. The van der Waals surface area contributed by atoms with Crippen molar-refractivity contribution in [2.24, 2.45) is 0 Å². The fourth-order valence-electron chi connectivity index (χ4n) is 5.09. The zero-order valence-electron chi connectivity index (χ0n) is 22.3. The molecule has 0 radical (unpaired) electrons. The predicted molar refractivity (Wildman–Crippen MR) is 163 cm³/mol. The van der Waals surface area contributed by atoms with Crippen molar-refractivity contribution in [3.05, 3.63) is 120 Å². The largest absolute Gasteiger partial charge is 0.455 e. The third-order valence-electron chi connectivity index (χ3n) is 7.04. The van der Waals surface area contributed by atoms with Crippen LogP contribution in [0.25, 0.3) is 38.7 Å². The molecule has 3 aromatic heterocycles. The first kappa shape index (κ1) is 24.6. The van der Waals surface area contributed by atoms with Gasteiger partial charge in [0.05, 0.1) is 17.4 Å². The van der Waals surface area contributed by atoms with Crippen LogP contribution in [-0.2, 0) is 6.54 Å². The summed E-state index contributed by atoms with van der Waals surface area (Å²) in [5.74, 6) is 0.367. The lowest BCUT2D eigenvalue weighted by atomic mass is 10.1. The first-order valence-corrected chi connectivity index (χ1v) is 13.3. The number of aromatic nitrogens is 3. The van der Waals surface area contributed by atoms with Crippen LogP contribution in [0.15, 0.2) is 114 Å². The van der Waals surface area contributed by atoms with Gasteiger partial charge < -0.3 is 20.4 Å². The number of para-hydroxylation sites is 2.